The van der Waals surface area contributed by atoms with Crippen LogP contribution in [0.1, 0.15) is 40.7 Å². The van der Waals surface area contributed by atoms with Gasteiger partial charge in [0.1, 0.15) is 5.92 Å². The molecule has 2 aromatic carbocycles. The summed E-state index contributed by atoms with van der Waals surface area (Å²) in [6, 6.07) is 17.0. The van der Waals surface area contributed by atoms with Crippen molar-refractivity contribution in [2.75, 3.05) is 7.05 Å². The fraction of sp³-hybridized carbons (Fsp3) is 0.300. The molecule has 4 nitrogen and oxygen atoms in total. The van der Waals surface area contributed by atoms with E-state index in [-0.39, 0.29) is 5.91 Å². The van der Waals surface area contributed by atoms with Crippen molar-refractivity contribution < 1.29 is 14.7 Å². The second kappa shape index (κ2) is 6.11. The highest BCUT2D eigenvalue weighted by Gasteiger charge is 2.50. The lowest BCUT2D eigenvalue weighted by atomic mass is 9.71. The largest absolute Gasteiger partial charge is 0.481 e. The van der Waals surface area contributed by atoms with Crippen molar-refractivity contribution in [3.05, 3.63) is 71.3 Å². The molecule has 0 saturated carbocycles. The van der Waals surface area contributed by atoms with Crippen molar-refractivity contribution >= 4 is 11.9 Å². The van der Waals surface area contributed by atoms with Crippen LogP contribution in [-0.4, -0.2) is 34.5 Å². The second-order valence-electron chi connectivity index (χ2n) is 6.57. The molecular weight excluding hydrogens is 302 g/mol. The number of fused-ring (bicyclic) bond motifs is 1. The van der Waals surface area contributed by atoms with E-state index in [1.54, 1.807) is 36.2 Å². The van der Waals surface area contributed by atoms with E-state index in [1.165, 1.54) is 0 Å². The number of hydrogen-bond acceptors (Lipinski definition) is 2. The fourth-order valence-corrected chi connectivity index (χ4v) is 3.64. The molecule has 0 fully saturated rings. The average Bonchev–Trinajstić information content (AvgIpc) is 2.59. The van der Waals surface area contributed by atoms with Crippen molar-refractivity contribution in [1.29, 1.82) is 0 Å². The summed E-state index contributed by atoms with van der Waals surface area (Å²) < 4.78 is 0. The van der Waals surface area contributed by atoms with E-state index in [1.807, 2.05) is 37.3 Å². The van der Waals surface area contributed by atoms with E-state index >= 15 is 0 Å². The van der Waals surface area contributed by atoms with Gasteiger partial charge in [-0.1, -0.05) is 48.5 Å². The Bertz CT molecular complexity index is 771. The number of hydrogen-bond donors (Lipinski definition) is 1. The molecule has 0 aromatic heterocycles. The maximum absolute atomic E-state index is 12.7. The Morgan fingerprint density at radius 2 is 1.75 bits per heavy atom. The summed E-state index contributed by atoms with van der Waals surface area (Å²) in [5.41, 5.74) is 1.48. The van der Waals surface area contributed by atoms with Crippen LogP contribution >= 0.6 is 0 Å². The smallest absolute Gasteiger partial charge is 0.313 e. The van der Waals surface area contributed by atoms with E-state index in [2.05, 4.69) is 0 Å². The number of nitrogens with zero attached hydrogens (tertiary/aromatic N) is 1. The number of benzene rings is 2. The van der Waals surface area contributed by atoms with Gasteiger partial charge in [0.25, 0.3) is 5.91 Å². The molecule has 2 atom stereocenters. The van der Waals surface area contributed by atoms with Gasteiger partial charge in [-0.2, -0.15) is 0 Å². The zero-order chi connectivity index (χ0) is 17.3. The van der Waals surface area contributed by atoms with E-state index in [0.29, 0.717) is 17.5 Å². The number of carboxylic acid groups (broad SMARTS) is 1. The Morgan fingerprint density at radius 1 is 1.12 bits per heavy atom. The Morgan fingerprint density at radius 3 is 2.42 bits per heavy atom. The number of likely N-dealkylation sites (N-methyl/N-ethyl adjacent to an activating group) is 1. The van der Waals surface area contributed by atoms with Gasteiger partial charge in [0.15, 0.2) is 0 Å². The molecule has 3 rings (SSSR count). The predicted octanol–water partition coefficient (Wildman–Crippen LogP) is 3.33. The molecule has 2 unspecified atom stereocenters. The lowest BCUT2D eigenvalue weighted by molar-refractivity contribution is -0.142. The summed E-state index contributed by atoms with van der Waals surface area (Å²) >= 11 is 0. The highest BCUT2D eigenvalue weighted by atomic mass is 16.4. The van der Waals surface area contributed by atoms with Crippen LogP contribution in [0.15, 0.2) is 54.6 Å². The standard InChI is InChI=1S/C20H21NO3/c1-20(13-12-14-8-4-3-5-9-14)17(19(23)24)15-10-6-7-11-16(15)18(22)21(20)2/h3-11,17H,12-13H2,1-2H3,(H,23,24). The number of aryl methyl sites for hydroxylation is 1. The summed E-state index contributed by atoms with van der Waals surface area (Å²) in [6.07, 6.45) is 1.31. The summed E-state index contributed by atoms with van der Waals surface area (Å²) in [5.74, 6) is -1.74. The van der Waals surface area contributed by atoms with Crippen LogP contribution < -0.4 is 0 Å². The normalized spacial score (nSPS) is 23.0. The van der Waals surface area contributed by atoms with Crippen LogP contribution in [0, 0.1) is 0 Å². The molecule has 0 bridgehead atoms. The Hall–Kier alpha value is -2.62. The van der Waals surface area contributed by atoms with Gasteiger partial charge in [0, 0.05) is 12.6 Å². The summed E-state index contributed by atoms with van der Waals surface area (Å²) in [7, 11) is 1.71. The first kappa shape index (κ1) is 16.2. The molecule has 2 aromatic rings. The summed E-state index contributed by atoms with van der Waals surface area (Å²) in [6.45, 7) is 1.88. The number of carboxylic acids is 1. The Labute approximate surface area is 141 Å². The fourth-order valence-electron chi connectivity index (χ4n) is 3.64. The first-order valence-corrected chi connectivity index (χ1v) is 8.09. The van der Waals surface area contributed by atoms with E-state index in [0.717, 1.165) is 12.0 Å². The van der Waals surface area contributed by atoms with Crippen molar-refractivity contribution in [3.63, 3.8) is 0 Å². The van der Waals surface area contributed by atoms with Crippen LogP contribution in [0.25, 0.3) is 0 Å². The molecule has 0 aliphatic carbocycles. The van der Waals surface area contributed by atoms with Crippen LogP contribution in [0.2, 0.25) is 0 Å². The molecule has 124 valence electrons. The van der Waals surface area contributed by atoms with Gasteiger partial charge in [-0.25, -0.2) is 0 Å². The predicted molar refractivity (Wildman–Crippen MR) is 92.1 cm³/mol. The number of aliphatic carboxylic acids is 1. The lowest BCUT2D eigenvalue weighted by Gasteiger charge is -2.47. The van der Waals surface area contributed by atoms with Crippen LogP contribution in [0.4, 0.5) is 0 Å². The minimum Gasteiger partial charge on any atom is -0.481 e. The topological polar surface area (TPSA) is 57.6 Å². The highest BCUT2D eigenvalue weighted by molar-refractivity contribution is 6.00. The molecule has 4 heteroatoms. The van der Waals surface area contributed by atoms with Crippen LogP contribution in [-0.2, 0) is 11.2 Å². The maximum Gasteiger partial charge on any atom is 0.313 e. The van der Waals surface area contributed by atoms with Gasteiger partial charge in [-0.05, 0) is 37.0 Å². The Kier molecular flexibility index (Phi) is 4.14. The number of carbonyl (C=O) groups excluding carboxylic acids is 1. The van der Waals surface area contributed by atoms with Gasteiger partial charge < -0.3 is 10.0 Å². The molecule has 24 heavy (non-hydrogen) atoms. The molecule has 1 aliphatic rings. The molecule has 1 N–H and O–H groups in total. The average molecular weight is 323 g/mol. The highest BCUT2D eigenvalue weighted by Crippen LogP contribution is 2.42. The number of rotatable bonds is 4. The van der Waals surface area contributed by atoms with Gasteiger partial charge in [-0.15, -0.1) is 0 Å². The molecule has 1 aliphatic heterocycles. The minimum absolute atomic E-state index is 0.112. The van der Waals surface area contributed by atoms with Crippen LogP contribution in [0.3, 0.4) is 0 Å². The third kappa shape index (κ3) is 2.58. The van der Waals surface area contributed by atoms with Crippen LogP contribution in [0.5, 0.6) is 0 Å². The van der Waals surface area contributed by atoms with E-state index in [4.69, 9.17) is 0 Å². The second-order valence-corrected chi connectivity index (χ2v) is 6.57. The first-order chi connectivity index (χ1) is 11.4. The third-order valence-corrected chi connectivity index (χ3v) is 5.20. The SMILES string of the molecule is CN1C(=O)c2ccccc2C(C(=O)O)C1(C)CCc1ccccc1. The summed E-state index contributed by atoms with van der Waals surface area (Å²) in [5, 5.41) is 9.88. The zero-order valence-electron chi connectivity index (χ0n) is 13.9. The number of carbonyl (C=O) groups is 2. The first-order valence-electron chi connectivity index (χ1n) is 8.09. The van der Waals surface area contributed by atoms with Crippen molar-refractivity contribution in [2.45, 2.75) is 31.2 Å². The van der Waals surface area contributed by atoms with Gasteiger partial charge in [0.05, 0.1) is 5.54 Å². The minimum atomic E-state index is -0.891. The van der Waals surface area contributed by atoms with E-state index in [9.17, 15) is 14.7 Å². The van der Waals surface area contributed by atoms with Gasteiger partial charge in [-0.3, -0.25) is 9.59 Å². The Balaban J connectivity index is 2.01. The monoisotopic (exact) mass is 323 g/mol. The maximum atomic E-state index is 12.7. The van der Waals surface area contributed by atoms with Crippen molar-refractivity contribution in [3.8, 4) is 0 Å². The van der Waals surface area contributed by atoms with Crippen molar-refractivity contribution in [1.82, 2.24) is 4.90 Å². The zero-order valence-corrected chi connectivity index (χ0v) is 13.9. The van der Waals surface area contributed by atoms with E-state index < -0.39 is 17.4 Å². The summed E-state index contributed by atoms with van der Waals surface area (Å²) in [4.78, 5) is 26.4. The molecule has 1 amide bonds. The molecule has 0 radical (unpaired) electrons. The van der Waals surface area contributed by atoms with Gasteiger partial charge in [0.2, 0.25) is 0 Å². The van der Waals surface area contributed by atoms with Gasteiger partial charge >= 0.3 is 5.97 Å². The van der Waals surface area contributed by atoms with Crippen molar-refractivity contribution in [2.24, 2.45) is 0 Å². The molecule has 1 heterocycles. The quantitative estimate of drug-likeness (QED) is 0.939. The lowest BCUT2D eigenvalue weighted by Crippen LogP contribution is -2.57. The molecular formula is C20H21NO3. The molecule has 0 spiro atoms. The number of amides is 1. The third-order valence-electron chi connectivity index (χ3n) is 5.20. The molecule has 0 saturated heterocycles.